The fraction of sp³-hybridized carbons (Fsp3) is 0.429. The minimum Gasteiger partial charge on any atom is -0.376 e. The minimum atomic E-state index is -1.12. The maximum absolute atomic E-state index is 13.3. The van der Waals surface area contributed by atoms with Gasteiger partial charge in [0.1, 0.15) is 43.3 Å². The zero-order chi connectivity index (χ0) is 71.0. The van der Waals surface area contributed by atoms with Crippen molar-refractivity contribution in [1.29, 1.82) is 0 Å². The van der Waals surface area contributed by atoms with Gasteiger partial charge in [0.05, 0.1) is 82.1 Å². The van der Waals surface area contributed by atoms with E-state index in [2.05, 4.69) is 57.4 Å². The van der Waals surface area contributed by atoms with Crippen LogP contribution in [0.4, 0.5) is 22.7 Å². The van der Waals surface area contributed by atoms with Crippen LogP contribution in [-0.4, -0.2) is 135 Å². The molecule has 0 bridgehead atoms. The number of carbonyl (C=O) groups excluding carboxylic acids is 8. The predicted octanol–water partition coefficient (Wildman–Crippen LogP) is 8.07. The molecule has 8 aromatic rings. The van der Waals surface area contributed by atoms with Crippen LogP contribution in [0.3, 0.4) is 0 Å². The van der Waals surface area contributed by atoms with Crippen LogP contribution in [0, 0.1) is 27.1 Å². The molecule has 0 saturated heterocycles. The molecule has 0 unspecified atom stereocenters. The van der Waals surface area contributed by atoms with Gasteiger partial charge in [-0.05, 0) is 48.5 Å². The zero-order valence-corrected chi connectivity index (χ0v) is 57.6. The molecule has 0 aliphatic rings. The molecular formula is C70H87N16O12+. The maximum Gasteiger partial charge on any atom is 0.268 e. The summed E-state index contributed by atoms with van der Waals surface area (Å²) in [5.74, 6) is -1.84. The van der Waals surface area contributed by atoms with Crippen LogP contribution < -0.4 is 25.9 Å². The summed E-state index contributed by atoms with van der Waals surface area (Å²) in [6.45, 7) is 21.1. The van der Waals surface area contributed by atoms with E-state index in [1.165, 1.54) is 18.7 Å². The molecule has 28 heteroatoms. The highest BCUT2D eigenvalue weighted by Gasteiger charge is 2.34. The Morgan fingerprint density at radius 2 is 0.714 bits per heavy atom. The number of anilines is 4. The van der Waals surface area contributed by atoms with Crippen LogP contribution in [0.15, 0.2) is 128 Å². The van der Waals surface area contributed by atoms with E-state index in [9.17, 15) is 38.4 Å². The number of aromatic nitrogens is 12. The topological polar surface area (TPSA) is 335 Å². The van der Waals surface area contributed by atoms with Gasteiger partial charge in [-0.1, -0.05) is 147 Å². The summed E-state index contributed by atoms with van der Waals surface area (Å²) in [6.07, 6.45) is 8.06. The molecule has 4 N–H and O–H groups in total. The van der Waals surface area contributed by atoms with E-state index >= 15 is 0 Å². The lowest BCUT2D eigenvalue weighted by Gasteiger charge is -2.32. The average Bonchev–Trinajstić information content (AvgIpc) is 1.02. The largest absolute Gasteiger partial charge is 0.376 e. The first-order chi connectivity index (χ1) is 46.2. The molecule has 0 spiro atoms. The number of ether oxygens (including phenoxy) is 4. The standard InChI is InChI=1S/C70H86N16O12/c1-66(2,3)62(91)47-17-13-21-51(29-47)71-58(87)36-83-26-25-82(81-83)27-28-95-43-70(44-96-40-55-33-84(78-75-55)37-59(88)72-52-22-14-18-48(30-52)63(92)67(4,5)6,45-97-41-56-34-85(79-76-56)38-60(89)73-53-23-15-19-49(31-53)64(93)68(7,8)9)46-98-42-57-35-86(80-77-57)39-61(90)74-54-24-16-20-50(32-54)65(94)69(10,11)12/h13-26,29-35H,27-28,36-46H2,1-12H3,(H3-,71,72,73,74,87,88,89,90)/p+1. The van der Waals surface area contributed by atoms with Crippen molar-refractivity contribution in [1.82, 2.24) is 54.9 Å². The molecule has 518 valence electrons. The molecule has 4 aromatic carbocycles. The molecule has 98 heavy (non-hydrogen) atoms. The average molecular weight is 1340 g/mol. The Morgan fingerprint density at radius 1 is 0.408 bits per heavy atom. The summed E-state index contributed by atoms with van der Waals surface area (Å²) >= 11 is 0. The van der Waals surface area contributed by atoms with E-state index in [-0.39, 0.29) is 115 Å². The van der Waals surface area contributed by atoms with E-state index in [0.29, 0.717) is 62.1 Å². The van der Waals surface area contributed by atoms with Gasteiger partial charge >= 0.3 is 0 Å². The molecule has 0 fully saturated rings. The van der Waals surface area contributed by atoms with Crippen molar-refractivity contribution in [2.24, 2.45) is 27.1 Å². The molecule has 8 rings (SSSR count). The summed E-state index contributed by atoms with van der Waals surface area (Å²) < 4.78 is 32.8. The van der Waals surface area contributed by atoms with Crippen molar-refractivity contribution in [2.75, 3.05) is 54.3 Å². The molecule has 4 amide bonds. The number of Topliss-reactive ketones (excluding diaryl/α,β-unsaturated/α-hetero) is 4. The molecule has 0 aliphatic carbocycles. The smallest absolute Gasteiger partial charge is 0.268 e. The van der Waals surface area contributed by atoms with Crippen LogP contribution in [0.25, 0.3) is 0 Å². The number of amides is 4. The second-order valence-electron chi connectivity index (χ2n) is 28.2. The van der Waals surface area contributed by atoms with E-state index in [1.54, 1.807) is 133 Å². The van der Waals surface area contributed by atoms with Crippen LogP contribution in [0.2, 0.25) is 0 Å². The maximum atomic E-state index is 13.3. The fourth-order valence-electron chi connectivity index (χ4n) is 9.90. The van der Waals surface area contributed by atoms with Gasteiger partial charge in [-0.15, -0.1) is 24.7 Å². The van der Waals surface area contributed by atoms with Crippen LogP contribution in [0.5, 0.6) is 0 Å². The van der Waals surface area contributed by atoms with E-state index in [1.807, 2.05) is 83.1 Å². The van der Waals surface area contributed by atoms with Crippen LogP contribution in [-0.2, 0) is 90.7 Å². The van der Waals surface area contributed by atoms with Gasteiger partial charge in [0, 0.05) is 66.7 Å². The van der Waals surface area contributed by atoms with Crippen molar-refractivity contribution in [3.05, 3.63) is 167 Å². The minimum absolute atomic E-state index is 0.0340. The summed E-state index contributed by atoms with van der Waals surface area (Å²) in [5, 5.41) is 41.2. The Kier molecular flexibility index (Phi) is 24.2. The van der Waals surface area contributed by atoms with Gasteiger partial charge in [-0.2, -0.15) is 0 Å². The van der Waals surface area contributed by atoms with Gasteiger partial charge in [-0.25, -0.2) is 14.0 Å². The van der Waals surface area contributed by atoms with E-state index < -0.39 is 44.8 Å². The van der Waals surface area contributed by atoms with Crippen molar-refractivity contribution < 1.29 is 62.0 Å². The monoisotopic (exact) mass is 1340 g/mol. The number of hydrogen-bond acceptors (Lipinski definition) is 19. The summed E-state index contributed by atoms with van der Waals surface area (Å²) in [4.78, 5) is 105. The summed E-state index contributed by atoms with van der Waals surface area (Å²) in [5.41, 5.74) is 1.28. The first kappa shape index (κ1) is 73.6. The Bertz CT molecular complexity index is 3830. The highest BCUT2D eigenvalue weighted by molar-refractivity contribution is 6.04. The summed E-state index contributed by atoms with van der Waals surface area (Å²) in [6, 6.07) is 27.0. The number of nitrogens with one attached hydrogen (secondary N) is 4. The van der Waals surface area contributed by atoms with Gasteiger partial charge in [0.15, 0.2) is 42.1 Å². The normalized spacial score (nSPS) is 12.1. The number of benzene rings is 4. The Hall–Kier alpha value is -10.2. The van der Waals surface area contributed by atoms with Gasteiger partial charge in [-0.3, -0.25) is 38.4 Å². The Morgan fingerprint density at radius 3 is 1.03 bits per heavy atom. The number of carbonyl (C=O) groups is 8. The third-order valence-electron chi connectivity index (χ3n) is 14.8. The van der Waals surface area contributed by atoms with Gasteiger partial charge in [0.25, 0.3) is 5.91 Å². The number of rotatable bonds is 33. The quantitative estimate of drug-likeness (QED) is 0.0171. The number of nitrogens with zero attached hydrogens (tertiary/aromatic N) is 12. The van der Waals surface area contributed by atoms with Crippen molar-refractivity contribution in [2.45, 2.75) is 136 Å². The molecule has 0 aliphatic heterocycles. The van der Waals surface area contributed by atoms with Gasteiger partial charge in [0.2, 0.25) is 17.7 Å². The van der Waals surface area contributed by atoms with Crippen LogP contribution in [0.1, 0.15) is 142 Å². The number of hydrogen-bond donors (Lipinski definition) is 4. The Balaban J connectivity index is 0.967. The number of ketones is 4. The highest BCUT2D eigenvalue weighted by atomic mass is 16.5. The van der Waals surface area contributed by atoms with Crippen molar-refractivity contribution in [3.63, 3.8) is 0 Å². The highest BCUT2D eigenvalue weighted by Crippen LogP contribution is 2.28. The lowest BCUT2D eigenvalue weighted by atomic mass is 9.86. The summed E-state index contributed by atoms with van der Waals surface area (Å²) in [7, 11) is 0. The second-order valence-corrected chi connectivity index (χ2v) is 28.2. The van der Waals surface area contributed by atoms with Crippen molar-refractivity contribution >= 4 is 69.5 Å². The molecule has 28 nitrogen and oxygen atoms in total. The first-order valence-electron chi connectivity index (χ1n) is 32.0. The van der Waals surface area contributed by atoms with Gasteiger partial charge < -0.3 is 40.2 Å². The van der Waals surface area contributed by atoms with Crippen molar-refractivity contribution in [3.8, 4) is 0 Å². The first-order valence-corrected chi connectivity index (χ1v) is 32.0. The third kappa shape index (κ3) is 22.2. The van der Waals surface area contributed by atoms with E-state index in [4.69, 9.17) is 18.9 Å². The molecule has 4 heterocycles. The van der Waals surface area contributed by atoms with Crippen LogP contribution >= 0.6 is 0 Å². The Labute approximate surface area is 568 Å². The molecule has 0 radical (unpaired) electrons. The lowest BCUT2D eigenvalue weighted by molar-refractivity contribution is -0.743. The lowest BCUT2D eigenvalue weighted by Crippen LogP contribution is -2.43. The SMILES string of the molecule is CC(C)(C)C(=O)c1cccc(NC(=O)Cn2cc(COCC(COCCn3cc[n+](CC(=O)Nc4cccc(C(=O)C(C)(C)C)c4)n3)(COCc3cn(CC(=O)Nc4cccc(C(=O)C(C)(C)C)c4)nn3)COCc3cn(CC(=O)Nc4cccc(C(=O)C(C)(C)C)c4)nn3)nn2)c1. The fourth-order valence-corrected chi connectivity index (χ4v) is 9.90. The predicted molar refractivity (Wildman–Crippen MR) is 360 cm³/mol. The zero-order valence-electron chi connectivity index (χ0n) is 57.6. The third-order valence-corrected chi connectivity index (χ3v) is 14.8. The molecule has 4 aromatic heterocycles. The van der Waals surface area contributed by atoms with E-state index in [0.717, 1.165) is 0 Å². The molecule has 0 saturated carbocycles. The second kappa shape index (κ2) is 32.3. The molecular weight excluding hydrogens is 1260 g/mol. The molecule has 0 atom stereocenters.